The lowest BCUT2D eigenvalue weighted by Gasteiger charge is -2.29. The molecule has 2 aliphatic rings. The first-order valence-corrected chi connectivity index (χ1v) is 10.1. The number of para-hydroxylation sites is 1. The lowest BCUT2D eigenvalue weighted by atomic mass is 10.0. The van der Waals surface area contributed by atoms with E-state index in [2.05, 4.69) is 4.90 Å². The average molecular weight is 378 g/mol. The van der Waals surface area contributed by atoms with E-state index in [1.54, 1.807) is 0 Å². The average Bonchev–Trinajstić information content (AvgIpc) is 3.37. The summed E-state index contributed by atoms with van der Waals surface area (Å²) in [5.74, 6) is -0.249. The first-order valence-electron chi connectivity index (χ1n) is 10.1. The minimum Gasteiger partial charge on any atom is -0.464 e. The third kappa shape index (κ3) is 3.75. The van der Waals surface area contributed by atoms with Crippen molar-refractivity contribution in [3.05, 3.63) is 66.2 Å². The van der Waals surface area contributed by atoms with Gasteiger partial charge in [0.2, 0.25) is 0 Å². The normalized spacial score (nSPS) is 23.8. The van der Waals surface area contributed by atoms with Crippen molar-refractivity contribution in [1.82, 2.24) is 4.90 Å². The molecule has 2 aromatic rings. The van der Waals surface area contributed by atoms with E-state index in [-0.39, 0.29) is 12.0 Å². The summed E-state index contributed by atoms with van der Waals surface area (Å²) < 4.78 is 11.8. The van der Waals surface area contributed by atoms with E-state index in [4.69, 9.17) is 14.5 Å². The Labute approximate surface area is 166 Å². The van der Waals surface area contributed by atoms with Crippen molar-refractivity contribution in [1.29, 1.82) is 0 Å². The van der Waals surface area contributed by atoms with Gasteiger partial charge in [-0.3, -0.25) is 0 Å². The lowest BCUT2D eigenvalue weighted by molar-refractivity contribution is -0.149. The Morgan fingerprint density at radius 2 is 1.71 bits per heavy atom. The number of rotatable bonds is 5. The zero-order valence-corrected chi connectivity index (χ0v) is 16.2. The Balaban J connectivity index is 1.76. The summed E-state index contributed by atoms with van der Waals surface area (Å²) in [7, 11) is 0. The molecule has 0 N–H and O–H groups in total. The van der Waals surface area contributed by atoms with Gasteiger partial charge in [-0.15, -0.1) is 0 Å². The molecule has 28 heavy (non-hydrogen) atoms. The fraction of sp³-hybridized carbons (Fsp3) is 0.391. The fourth-order valence-corrected chi connectivity index (χ4v) is 4.12. The largest absolute Gasteiger partial charge is 0.464 e. The van der Waals surface area contributed by atoms with Crippen LogP contribution in [0.2, 0.25) is 0 Å². The molecular formula is C23H26N2O3. The zero-order valence-electron chi connectivity index (χ0n) is 16.2. The van der Waals surface area contributed by atoms with Gasteiger partial charge < -0.3 is 14.4 Å². The van der Waals surface area contributed by atoms with Crippen LogP contribution in [0.15, 0.2) is 65.7 Å². The molecule has 1 heterocycles. The molecule has 1 saturated heterocycles. The molecule has 1 aliphatic carbocycles. The second-order valence-electron chi connectivity index (χ2n) is 7.22. The maximum Gasteiger partial charge on any atom is 0.333 e. The van der Waals surface area contributed by atoms with Gasteiger partial charge in [-0.1, -0.05) is 61.4 Å². The minimum absolute atomic E-state index is 0.241. The SMILES string of the molecule is CCOC(=O)[C@@H]1[C@@H](c2ccccc2)OC(=Nc2ccccc2)N1C1CCCC1. The standard InChI is InChI=1S/C23H26N2O3/c1-2-27-22(26)20-21(17-11-5-3-6-12-17)28-23(24-18-13-7-4-8-14-18)25(20)19-15-9-10-16-19/h3-8,11-14,19-21H,2,9-10,15-16H2,1H3/t20-,21+/m0/s1. The van der Waals surface area contributed by atoms with Crippen LogP contribution in [0.4, 0.5) is 5.69 Å². The van der Waals surface area contributed by atoms with Gasteiger partial charge in [0.15, 0.2) is 12.1 Å². The molecule has 5 heteroatoms. The predicted molar refractivity (Wildman–Crippen MR) is 108 cm³/mol. The van der Waals surface area contributed by atoms with Crippen molar-refractivity contribution >= 4 is 17.7 Å². The second-order valence-corrected chi connectivity index (χ2v) is 7.22. The van der Waals surface area contributed by atoms with Gasteiger partial charge in [-0.25, -0.2) is 4.79 Å². The number of benzene rings is 2. The van der Waals surface area contributed by atoms with Crippen molar-refractivity contribution in [2.45, 2.75) is 50.8 Å². The molecular weight excluding hydrogens is 352 g/mol. The van der Waals surface area contributed by atoms with Crippen LogP contribution in [-0.2, 0) is 14.3 Å². The molecule has 2 aromatic carbocycles. The van der Waals surface area contributed by atoms with Crippen molar-refractivity contribution < 1.29 is 14.3 Å². The van der Waals surface area contributed by atoms with E-state index in [0.29, 0.717) is 12.6 Å². The van der Waals surface area contributed by atoms with Gasteiger partial charge >= 0.3 is 5.97 Å². The van der Waals surface area contributed by atoms with Gasteiger partial charge in [-0.05, 0) is 37.5 Å². The summed E-state index contributed by atoms with van der Waals surface area (Å²) in [6, 6.07) is 19.9. The quantitative estimate of drug-likeness (QED) is 0.712. The summed E-state index contributed by atoms with van der Waals surface area (Å²) in [6.07, 6.45) is 3.96. The third-order valence-electron chi connectivity index (χ3n) is 5.39. The maximum absolute atomic E-state index is 13.0. The molecule has 0 bridgehead atoms. The second kappa shape index (κ2) is 8.46. The number of carbonyl (C=O) groups is 1. The van der Waals surface area contributed by atoms with Crippen molar-refractivity contribution in [2.75, 3.05) is 6.61 Å². The summed E-state index contributed by atoms with van der Waals surface area (Å²) >= 11 is 0. The van der Waals surface area contributed by atoms with E-state index >= 15 is 0 Å². The van der Waals surface area contributed by atoms with Crippen LogP contribution in [0.5, 0.6) is 0 Å². The van der Waals surface area contributed by atoms with Gasteiger partial charge in [0.05, 0.1) is 12.3 Å². The van der Waals surface area contributed by atoms with E-state index in [9.17, 15) is 4.79 Å². The van der Waals surface area contributed by atoms with E-state index < -0.39 is 12.1 Å². The molecule has 1 saturated carbocycles. The molecule has 0 unspecified atom stereocenters. The van der Waals surface area contributed by atoms with Crippen LogP contribution in [0.1, 0.15) is 44.3 Å². The van der Waals surface area contributed by atoms with Crippen LogP contribution < -0.4 is 0 Å². The van der Waals surface area contributed by atoms with E-state index in [1.165, 1.54) is 0 Å². The third-order valence-corrected chi connectivity index (χ3v) is 5.39. The number of esters is 1. The summed E-state index contributed by atoms with van der Waals surface area (Å²) in [4.78, 5) is 19.8. The molecule has 0 spiro atoms. The van der Waals surface area contributed by atoms with Crippen LogP contribution in [-0.4, -0.2) is 35.6 Å². The fourth-order valence-electron chi connectivity index (χ4n) is 4.12. The van der Waals surface area contributed by atoms with Gasteiger partial charge in [0, 0.05) is 6.04 Å². The summed E-state index contributed by atoms with van der Waals surface area (Å²) in [5, 5.41) is 0. The maximum atomic E-state index is 13.0. The van der Waals surface area contributed by atoms with Crippen molar-refractivity contribution in [3.8, 4) is 0 Å². The molecule has 2 fully saturated rings. The number of aliphatic imine (C=N–C) groups is 1. The van der Waals surface area contributed by atoms with Crippen LogP contribution >= 0.6 is 0 Å². The first kappa shape index (κ1) is 18.5. The number of amidine groups is 1. The summed E-state index contributed by atoms with van der Waals surface area (Å²) in [5.41, 5.74) is 1.78. The van der Waals surface area contributed by atoms with Gasteiger partial charge in [-0.2, -0.15) is 4.99 Å². The van der Waals surface area contributed by atoms with Crippen molar-refractivity contribution in [3.63, 3.8) is 0 Å². The number of nitrogens with zero attached hydrogens (tertiary/aromatic N) is 2. The Hall–Kier alpha value is -2.82. The number of hydrogen-bond donors (Lipinski definition) is 0. The minimum atomic E-state index is -0.520. The molecule has 146 valence electrons. The van der Waals surface area contributed by atoms with Crippen LogP contribution in [0.25, 0.3) is 0 Å². The molecule has 4 rings (SSSR count). The van der Waals surface area contributed by atoms with E-state index in [1.807, 2.05) is 67.6 Å². The number of hydrogen-bond acceptors (Lipinski definition) is 4. The zero-order chi connectivity index (χ0) is 19.3. The highest BCUT2D eigenvalue weighted by Gasteiger charge is 2.49. The molecule has 2 atom stereocenters. The van der Waals surface area contributed by atoms with Crippen LogP contribution in [0.3, 0.4) is 0 Å². The molecule has 0 radical (unpaired) electrons. The van der Waals surface area contributed by atoms with Crippen molar-refractivity contribution in [2.24, 2.45) is 4.99 Å². The predicted octanol–water partition coefficient (Wildman–Crippen LogP) is 4.62. The monoisotopic (exact) mass is 378 g/mol. The summed E-state index contributed by atoms with van der Waals surface area (Å²) in [6.45, 7) is 2.19. The molecule has 5 nitrogen and oxygen atoms in total. The van der Waals surface area contributed by atoms with Gasteiger partial charge in [0.25, 0.3) is 6.02 Å². The Morgan fingerprint density at radius 3 is 2.36 bits per heavy atom. The smallest absolute Gasteiger partial charge is 0.333 e. The Morgan fingerprint density at radius 1 is 1.07 bits per heavy atom. The highest BCUT2D eigenvalue weighted by molar-refractivity contribution is 5.89. The van der Waals surface area contributed by atoms with Gasteiger partial charge in [0.1, 0.15) is 0 Å². The lowest BCUT2D eigenvalue weighted by Crippen LogP contribution is -2.46. The highest BCUT2D eigenvalue weighted by atomic mass is 16.6. The Bertz CT molecular complexity index is 816. The number of carbonyl (C=O) groups excluding carboxylic acids is 1. The number of ether oxygens (including phenoxy) is 2. The molecule has 1 aliphatic heterocycles. The molecule has 0 amide bonds. The van der Waals surface area contributed by atoms with Crippen LogP contribution in [0, 0.1) is 0 Å². The highest BCUT2D eigenvalue weighted by Crippen LogP contribution is 2.39. The first-order chi connectivity index (χ1) is 13.8. The Kier molecular flexibility index (Phi) is 5.60. The van der Waals surface area contributed by atoms with E-state index in [0.717, 1.165) is 36.9 Å². The molecule has 0 aromatic heterocycles. The topological polar surface area (TPSA) is 51.1 Å².